The van der Waals surface area contributed by atoms with E-state index in [9.17, 15) is 0 Å². The number of ether oxygens (including phenoxy) is 3. The zero-order valence-corrected chi connectivity index (χ0v) is 23.4. The summed E-state index contributed by atoms with van der Waals surface area (Å²) in [4.78, 5) is 12.1. The molecule has 1 aliphatic heterocycles. The number of benzene rings is 2. The SMILES string of the molecule is COc1ccccc1Cc1c2c(nn1C)CCc1cnc(Nc3ccc(OCCN4CCCC4)cc3OC)nc1-2. The van der Waals surface area contributed by atoms with Gasteiger partial charge in [-0.25, -0.2) is 9.97 Å². The van der Waals surface area contributed by atoms with Gasteiger partial charge in [0, 0.05) is 43.4 Å². The molecular weight excluding hydrogens is 504 g/mol. The molecule has 0 radical (unpaired) electrons. The van der Waals surface area contributed by atoms with Gasteiger partial charge in [0.2, 0.25) is 5.95 Å². The number of rotatable bonds is 10. The summed E-state index contributed by atoms with van der Waals surface area (Å²) in [6.45, 7) is 3.94. The normalized spacial score (nSPS) is 14.5. The largest absolute Gasteiger partial charge is 0.496 e. The Morgan fingerprint density at radius 3 is 2.62 bits per heavy atom. The minimum Gasteiger partial charge on any atom is -0.496 e. The van der Waals surface area contributed by atoms with Crippen LogP contribution in [0.2, 0.25) is 0 Å². The van der Waals surface area contributed by atoms with Crippen LogP contribution in [0.25, 0.3) is 11.3 Å². The molecule has 9 heteroatoms. The number of fused-ring (bicyclic) bond motifs is 3. The molecule has 1 aliphatic carbocycles. The second-order valence-corrected chi connectivity index (χ2v) is 10.3. The minimum absolute atomic E-state index is 0.514. The number of anilines is 2. The van der Waals surface area contributed by atoms with Crippen molar-refractivity contribution in [1.82, 2.24) is 24.6 Å². The van der Waals surface area contributed by atoms with Crippen LogP contribution < -0.4 is 19.5 Å². The zero-order valence-electron chi connectivity index (χ0n) is 23.4. The molecule has 0 amide bonds. The van der Waals surface area contributed by atoms with Crippen LogP contribution >= 0.6 is 0 Å². The fourth-order valence-corrected chi connectivity index (χ4v) is 5.70. The highest BCUT2D eigenvalue weighted by Gasteiger charge is 2.27. The summed E-state index contributed by atoms with van der Waals surface area (Å²) in [5, 5.41) is 8.23. The van der Waals surface area contributed by atoms with Crippen LogP contribution in [0.1, 0.15) is 35.4 Å². The summed E-state index contributed by atoms with van der Waals surface area (Å²) in [5.74, 6) is 2.85. The van der Waals surface area contributed by atoms with Crippen molar-refractivity contribution in [3.05, 3.63) is 71.2 Å². The highest BCUT2D eigenvalue weighted by atomic mass is 16.5. The molecule has 0 spiro atoms. The van der Waals surface area contributed by atoms with Crippen molar-refractivity contribution in [1.29, 1.82) is 0 Å². The fraction of sp³-hybridized carbons (Fsp3) is 0.387. The van der Waals surface area contributed by atoms with Gasteiger partial charge in [0.25, 0.3) is 0 Å². The lowest BCUT2D eigenvalue weighted by Crippen LogP contribution is -2.25. The van der Waals surface area contributed by atoms with E-state index in [0.717, 1.165) is 70.3 Å². The van der Waals surface area contributed by atoms with E-state index in [1.807, 2.05) is 54.3 Å². The number of nitrogens with one attached hydrogen (secondary N) is 1. The molecule has 2 aromatic heterocycles. The molecule has 0 unspecified atom stereocenters. The number of hydrogen-bond acceptors (Lipinski definition) is 8. The van der Waals surface area contributed by atoms with Crippen LogP contribution in [0, 0.1) is 0 Å². The number of para-hydroxylation sites is 1. The molecule has 2 aromatic carbocycles. The van der Waals surface area contributed by atoms with E-state index in [1.165, 1.54) is 25.9 Å². The van der Waals surface area contributed by atoms with Crippen molar-refractivity contribution < 1.29 is 14.2 Å². The summed E-state index contributed by atoms with van der Waals surface area (Å²) < 4.78 is 19.3. The van der Waals surface area contributed by atoms with Gasteiger partial charge in [0.15, 0.2) is 0 Å². The predicted molar refractivity (Wildman–Crippen MR) is 155 cm³/mol. The lowest BCUT2D eigenvalue weighted by atomic mass is 9.91. The lowest BCUT2D eigenvalue weighted by Gasteiger charge is -2.18. The molecule has 0 saturated carbocycles. The van der Waals surface area contributed by atoms with Crippen molar-refractivity contribution in [3.63, 3.8) is 0 Å². The molecule has 4 aromatic rings. The Hall–Kier alpha value is -4.11. The molecular formula is C31H36N6O3. The van der Waals surface area contributed by atoms with Gasteiger partial charge < -0.3 is 19.5 Å². The van der Waals surface area contributed by atoms with E-state index in [0.29, 0.717) is 24.7 Å². The average Bonchev–Trinajstić information content (AvgIpc) is 3.61. The molecule has 1 fully saturated rings. The third-order valence-corrected chi connectivity index (χ3v) is 7.82. The highest BCUT2D eigenvalue weighted by molar-refractivity contribution is 5.73. The fourth-order valence-electron chi connectivity index (χ4n) is 5.70. The third kappa shape index (κ3) is 5.34. The van der Waals surface area contributed by atoms with Crippen LogP contribution in [0.4, 0.5) is 11.6 Å². The number of nitrogens with zero attached hydrogens (tertiary/aromatic N) is 5. The molecule has 2 aliphatic rings. The molecule has 1 N–H and O–H groups in total. The Labute approximate surface area is 235 Å². The summed E-state index contributed by atoms with van der Waals surface area (Å²) >= 11 is 0. The van der Waals surface area contributed by atoms with E-state index in [-0.39, 0.29) is 0 Å². The first-order chi connectivity index (χ1) is 19.6. The molecule has 40 heavy (non-hydrogen) atoms. The maximum atomic E-state index is 6.01. The van der Waals surface area contributed by atoms with Crippen molar-refractivity contribution in [3.8, 4) is 28.5 Å². The molecule has 0 bridgehead atoms. The Bertz CT molecular complexity index is 1490. The molecule has 9 nitrogen and oxygen atoms in total. The lowest BCUT2D eigenvalue weighted by molar-refractivity contribution is 0.237. The highest BCUT2D eigenvalue weighted by Crippen LogP contribution is 2.37. The van der Waals surface area contributed by atoms with Gasteiger partial charge in [-0.15, -0.1) is 0 Å². The molecule has 0 atom stereocenters. The van der Waals surface area contributed by atoms with Crippen molar-refractivity contribution in [2.24, 2.45) is 7.05 Å². The molecule has 1 saturated heterocycles. The van der Waals surface area contributed by atoms with E-state index < -0.39 is 0 Å². The van der Waals surface area contributed by atoms with E-state index in [2.05, 4.69) is 21.3 Å². The second-order valence-electron chi connectivity index (χ2n) is 10.3. The summed E-state index contributed by atoms with van der Waals surface area (Å²) in [6, 6.07) is 13.9. The van der Waals surface area contributed by atoms with E-state index in [1.54, 1.807) is 14.2 Å². The topological polar surface area (TPSA) is 86.6 Å². The van der Waals surface area contributed by atoms with Crippen molar-refractivity contribution in [2.45, 2.75) is 32.1 Å². The first-order valence-corrected chi connectivity index (χ1v) is 14.0. The molecule has 208 valence electrons. The predicted octanol–water partition coefficient (Wildman–Crippen LogP) is 4.80. The number of aryl methyl sites for hydroxylation is 3. The quantitative estimate of drug-likeness (QED) is 0.307. The first kappa shape index (κ1) is 26.1. The Balaban J connectivity index is 1.24. The van der Waals surface area contributed by atoms with E-state index in [4.69, 9.17) is 24.3 Å². The Morgan fingerprint density at radius 2 is 1.80 bits per heavy atom. The Morgan fingerprint density at radius 1 is 0.975 bits per heavy atom. The number of hydrogen-bond donors (Lipinski definition) is 1. The van der Waals surface area contributed by atoms with Crippen LogP contribution in [-0.2, 0) is 26.3 Å². The Kier molecular flexibility index (Phi) is 7.55. The number of methoxy groups -OCH3 is 2. The average molecular weight is 541 g/mol. The maximum absolute atomic E-state index is 6.01. The van der Waals surface area contributed by atoms with Gasteiger partial charge >= 0.3 is 0 Å². The number of likely N-dealkylation sites (tertiary alicyclic amines) is 1. The smallest absolute Gasteiger partial charge is 0.227 e. The third-order valence-electron chi connectivity index (χ3n) is 7.82. The standard InChI is InChI=1S/C31H36N6O3/c1-36-26(18-21-8-4-5-9-27(21)38-2)29-25(35-36)12-10-22-20-32-31(34-30(22)29)33-24-13-11-23(19-28(24)39-3)40-17-16-37-14-6-7-15-37/h4-5,8-9,11,13,19-20H,6-7,10,12,14-18H2,1-3H3,(H,32,33,34). The van der Waals surface area contributed by atoms with Crippen molar-refractivity contribution in [2.75, 3.05) is 45.8 Å². The van der Waals surface area contributed by atoms with Gasteiger partial charge in [0.1, 0.15) is 23.9 Å². The van der Waals surface area contributed by atoms with Crippen LogP contribution in [-0.4, -0.2) is 65.1 Å². The monoisotopic (exact) mass is 540 g/mol. The summed E-state index contributed by atoms with van der Waals surface area (Å²) in [7, 11) is 5.37. The molecule has 3 heterocycles. The van der Waals surface area contributed by atoms with Crippen molar-refractivity contribution >= 4 is 11.6 Å². The van der Waals surface area contributed by atoms with Gasteiger partial charge in [0.05, 0.1) is 37.0 Å². The first-order valence-electron chi connectivity index (χ1n) is 14.0. The van der Waals surface area contributed by atoms with Crippen LogP contribution in [0.15, 0.2) is 48.7 Å². The maximum Gasteiger partial charge on any atom is 0.227 e. The van der Waals surface area contributed by atoms with Crippen LogP contribution in [0.3, 0.4) is 0 Å². The molecule has 6 rings (SSSR count). The van der Waals surface area contributed by atoms with Gasteiger partial charge in [-0.05, 0) is 62.5 Å². The second kappa shape index (κ2) is 11.6. The van der Waals surface area contributed by atoms with Gasteiger partial charge in [-0.3, -0.25) is 9.58 Å². The zero-order chi connectivity index (χ0) is 27.5. The number of aromatic nitrogens is 4. The minimum atomic E-state index is 0.514. The summed E-state index contributed by atoms with van der Waals surface area (Å²) in [6.07, 6.45) is 6.91. The van der Waals surface area contributed by atoms with Crippen LogP contribution in [0.5, 0.6) is 17.2 Å². The summed E-state index contributed by atoms with van der Waals surface area (Å²) in [5.41, 5.74) is 7.22. The van der Waals surface area contributed by atoms with E-state index >= 15 is 0 Å². The van der Waals surface area contributed by atoms with Gasteiger partial charge in [-0.1, -0.05) is 18.2 Å². The van der Waals surface area contributed by atoms with Gasteiger partial charge in [-0.2, -0.15) is 5.10 Å².